The number of ketones is 1. The van der Waals surface area contributed by atoms with E-state index >= 15 is 0 Å². The van der Waals surface area contributed by atoms with Crippen LogP contribution in [0.1, 0.15) is 27.2 Å². The van der Waals surface area contributed by atoms with Crippen LogP contribution >= 0.6 is 22.5 Å². The number of hydrogen-bond donors (Lipinski definition) is 4. The van der Waals surface area contributed by atoms with E-state index < -0.39 is 28.6 Å². The monoisotopic (exact) mass is 308 g/mol. The third-order valence-electron chi connectivity index (χ3n) is 2.39. The first-order chi connectivity index (χ1) is 8.63. The van der Waals surface area contributed by atoms with Crippen LogP contribution in [0.4, 0.5) is 0 Å². The first-order valence-electron chi connectivity index (χ1n) is 5.70. The van der Waals surface area contributed by atoms with E-state index in [-0.39, 0.29) is 18.7 Å². The zero-order valence-corrected chi connectivity index (χ0v) is 12.9. The fourth-order valence-corrected chi connectivity index (χ4v) is 2.25. The van der Waals surface area contributed by atoms with Crippen molar-refractivity contribution in [3.05, 3.63) is 0 Å². The summed E-state index contributed by atoms with van der Waals surface area (Å²) in [5.41, 5.74) is 4.85. The van der Waals surface area contributed by atoms with Crippen LogP contribution in [-0.4, -0.2) is 40.6 Å². The Morgan fingerprint density at radius 3 is 2.21 bits per heavy atom. The number of rotatable bonds is 7. The lowest BCUT2D eigenvalue weighted by atomic mass is 9.86. The van der Waals surface area contributed by atoms with Gasteiger partial charge >= 0.3 is 5.97 Å². The number of nitrogens with one attached hydrogen (secondary N) is 1. The average molecular weight is 308 g/mol. The second-order valence-electron chi connectivity index (χ2n) is 5.10. The van der Waals surface area contributed by atoms with Gasteiger partial charge in [-0.2, -0.15) is 0 Å². The molecular weight excluding hydrogens is 288 g/mol. The van der Waals surface area contributed by atoms with Gasteiger partial charge in [0, 0.05) is 12.0 Å². The summed E-state index contributed by atoms with van der Waals surface area (Å²) >= 11 is 3.87. The largest absolute Gasteiger partial charge is 0.481 e. The van der Waals surface area contributed by atoms with E-state index in [0.29, 0.717) is 0 Å². The Balaban J connectivity index is 4.74. The van der Waals surface area contributed by atoms with Gasteiger partial charge in [0.2, 0.25) is 5.91 Å². The second-order valence-corrected chi connectivity index (χ2v) is 6.52. The quantitative estimate of drug-likeness (QED) is 0.402. The van der Waals surface area contributed by atoms with E-state index in [9.17, 15) is 14.4 Å². The van der Waals surface area contributed by atoms with Crippen LogP contribution in [-0.2, 0) is 14.4 Å². The molecule has 0 aliphatic heterocycles. The summed E-state index contributed by atoms with van der Waals surface area (Å²) in [6.07, 6.45) is -0.360. The zero-order valence-electron chi connectivity index (χ0n) is 11.2. The molecule has 0 heterocycles. The summed E-state index contributed by atoms with van der Waals surface area (Å²) in [4.78, 5) is 34.5. The highest BCUT2D eigenvalue weighted by Gasteiger charge is 2.32. The number of thiol groups is 1. The van der Waals surface area contributed by atoms with E-state index in [4.69, 9.17) is 10.8 Å². The number of aliphatic carboxylic acids is 1. The van der Waals surface area contributed by atoms with Crippen molar-refractivity contribution < 1.29 is 19.5 Å². The molecule has 0 saturated heterocycles. The molecule has 1 amide bonds. The molecule has 0 aliphatic rings. The molecule has 0 aromatic carbocycles. The molecular formula is C11H20N2O4S2. The average Bonchev–Trinajstić information content (AvgIpc) is 2.30. The Kier molecular flexibility index (Phi) is 7.46. The summed E-state index contributed by atoms with van der Waals surface area (Å²) in [5.74, 6) is -1.84. The molecule has 4 N–H and O–H groups in total. The molecule has 0 aromatic rings. The molecule has 19 heavy (non-hydrogen) atoms. The van der Waals surface area contributed by atoms with Crippen molar-refractivity contribution in [1.82, 2.24) is 5.32 Å². The summed E-state index contributed by atoms with van der Waals surface area (Å²) in [6.45, 7) is 5.16. The molecule has 8 heteroatoms. The summed E-state index contributed by atoms with van der Waals surface area (Å²) in [6, 6.07) is -0.815. The fraction of sp³-hybridized carbons (Fsp3) is 0.727. The molecule has 0 spiro atoms. The van der Waals surface area contributed by atoms with Gasteiger partial charge in [0.15, 0.2) is 5.78 Å². The Bertz CT molecular complexity index is 355. The van der Waals surface area contributed by atoms with Crippen molar-refractivity contribution in [3.63, 3.8) is 0 Å². The van der Waals surface area contributed by atoms with Crippen molar-refractivity contribution in [3.8, 4) is 0 Å². The molecule has 0 bridgehead atoms. The normalized spacial score (nSPS) is 14.6. The molecule has 6 nitrogen and oxygen atoms in total. The summed E-state index contributed by atoms with van der Waals surface area (Å²) in [7, 11) is 0.827. The van der Waals surface area contributed by atoms with Gasteiger partial charge in [0.1, 0.15) is 11.3 Å². The van der Waals surface area contributed by atoms with Crippen molar-refractivity contribution in [2.24, 2.45) is 11.1 Å². The maximum atomic E-state index is 12.0. The summed E-state index contributed by atoms with van der Waals surface area (Å²) in [5, 5.41) is 10.3. The van der Waals surface area contributed by atoms with E-state index in [0.717, 1.165) is 10.8 Å². The van der Waals surface area contributed by atoms with Gasteiger partial charge in [-0.05, 0) is 0 Å². The van der Waals surface area contributed by atoms with Gasteiger partial charge in [-0.25, -0.2) is 0 Å². The smallest absolute Gasteiger partial charge is 0.305 e. The van der Waals surface area contributed by atoms with Crippen LogP contribution in [0.2, 0.25) is 0 Å². The molecule has 0 fully saturated rings. The molecule has 0 aromatic heterocycles. The number of amides is 1. The minimum Gasteiger partial charge on any atom is -0.481 e. The van der Waals surface area contributed by atoms with Gasteiger partial charge in [0.25, 0.3) is 0 Å². The minimum absolute atomic E-state index is 0.0289. The van der Waals surface area contributed by atoms with E-state index in [1.54, 1.807) is 20.8 Å². The zero-order chi connectivity index (χ0) is 15.2. The lowest BCUT2D eigenvalue weighted by Crippen LogP contribution is -2.52. The van der Waals surface area contributed by atoms with Gasteiger partial charge in [0.05, 0.1) is 6.42 Å². The maximum Gasteiger partial charge on any atom is 0.305 e. The number of nitrogens with two attached hydrogens (primary N) is 1. The Morgan fingerprint density at radius 2 is 1.89 bits per heavy atom. The van der Waals surface area contributed by atoms with Gasteiger partial charge < -0.3 is 16.2 Å². The number of carboxylic acids is 1. The number of carbonyl (C=O) groups excluding carboxylic acids is 2. The molecule has 0 saturated carbocycles. The lowest BCUT2D eigenvalue weighted by molar-refractivity contribution is -0.138. The molecule has 0 radical (unpaired) electrons. The predicted molar refractivity (Wildman–Crippen MR) is 78.1 cm³/mol. The molecule has 2 unspecified atom stereocenters. The summed E-state index contributed by atoms with van der Waals surface area (Å²) < 4.78 is 0. The third kappa shape index (κ3) is 6.31. The molecule has 2 atom stereocenters. The van der Waals surface area contributed by atoms with Crippen molar-refractivity contribution in [1.29, 1.82) is 0 Å². The van der Waals surface area contributed by atoms with Crippen LogP contribution in [0.15, 0.2) is 0 Å². The highest BCUT2D eigenvalue weighted by molar-refractivity contribution is 8.69. The molecule has 0 rings (SSSR count). The van der Waals surface area contributed by atoms with Crippen LogP contribution in [0.3, 0.4) is 0 Å². The maximum absolute atomic E-state index is 12.0. The van der Waals surface area contributed by atoms with Crippen LogP contribution in [0.5, 0.6) is 0 Å². The van der Waals surface area contributed by atoms with E-state index in [1.165, 1.54) is 0 Å². The van der Waals surface area contributed by atoms with Gasteiger partial charge in [-0.3, -0.25) is 14.4 Å². The SMILES string of the molecule is CC(C)(C)C(=O)C(CN)NC(=O)C(CC(=O)O)SS. The predicted octanol–water partition coefficient (Wildman–Crippen LogP) is 0.466. The van der Waals surface area contributed by atoms with Crippen LogP contribution in [0.25, 0.3) is 0 Å². The fourth-order valence-electron chi connectivity index (χ4n) is 1.36. The Labute approximate surface area is 121 Å². The van der Waals surface area contributed by atoms with Crippen LogP contribution in [0, 0.1) is 5.41 Å². The van der Waals surface area contributed by atoms with Crippen molar-refractivity contribution in [2.75, 3.05) is 6.54 Å². The number of Topliss-reactive ketones (excluding diaryl/α,β-unsaturated/α-hetero) is 1. The third-order valence-corrected chi connectivity index (χ3v) is 3.79. The lowest BCUT2D eigenvalue weighted by Gasteiger charge is -2.25. The first-order valence-corrected chi connectivity index (χ1v) is 7.63. The first kappa shape index (κ1) is 18.3. The van der Waals surface area contributed by atoms with Crippen molar-refractivity contribution >= 4 is 40.1 Å². The van der Waals surface area contributed by atoms with E-state index in [1.807, 2.05) is 0 Å². The number of carbonyl (C=O) groups is 3. The van der Waals surface area contributed by atoms with Gasteiger partial charge in [-0.1, -0.05) is 31.6 Å². The number of carboxylic acid groups (broad SMARTS) is 1. The highest BCUT2D eigenvalue weighted by atomic mass is 33.1. The Hall–Kier alpha value is -0.730. The van der Waals surface area contributed by atoms with Crippen molar-refractivity contribution in [2.45, 2.75) is 38.5 Å². The highest BCUT2D eigenvalue weighted by Crippen LogP contribution is 2.20. The standard InChI is InChI=1S/C11H20N2O4S2/c1-11(2,3)9(16)6(5-12)13-10(17)7(19-18)4-8(14)15/h6-7,18H,4-5,12H2,1-3H3,(H,13,17)(H,14,15). The van der Waals surface area contributed by atoms with E-state index in [2.05, 4.69) is 17.0 Å². The van der Waals surface area contributed by atoms with Crippen LogP contribution < -0.4 is 11.1 Å². The number of hydrogen-bond acceptors (Lipinski definition) is 6. The topological polar surface area (TPSA) is 109 Å². The van der Waals surface area contributed by atoms with Gasteiger partial charge in [-0.15, -0.1) is 11.7 Å². The Morgan fingerprint density at radius 1 is 1.37 bits per heavy atom. The molecule has 110 valence electrons. The second kappa shape index (κ2) is 7.76. The minimum atomic E-state index is -1.10. The molecule has 0 aliphatic carbocycles.